The van der Waals surface area contributed by atoms with Crippen molar-refractivity contribution in [1.29, 1.82) is 0 Å². The summed E-state index contributed by atoms with van der Waals surface area (Å²) in [6.07, 6.45) is 0.183. The van der Waals surface area contributed by atoms with Gasteiger partial charge in [0.05, 0.1) is 25.0 Å². The number of rotatable bonds is 6. The van der Waals surface area contributed by atoms with E-state index in [0.717, 1.165) is 18.2 Å². The lowest BCUT2D eigenvalue weighted by Crippen LogP contribution is -2.18. The minimum Gasteiger partial charge on any atom is -0.469 e. The van der Waals surface area contributed by atoms with E-state index in [2.05, 4.69) is 10.1 Å². The fourth-order valence-corrected chi connectivity index (χ4v) is 2.14. The summed E-state index contributed by atoms with van der Waals surface area (Å²) in [5, 5.41) is 2.18. The molecule has 20 heavy (non-hydrogen) atoms. The Kier molecular flexibility index (Phi) is 6.44. The van der Waals surface area contributed by atoms with Crippen molar-refractivity contribution in [3.05, 3.63) is 29.8 Å². The highest BCUT2D eigenvalue weighted by molar-refractivity contribution is 8.00. The summed E-state index contributed by atoms with van der Waals surface area (Å²) in [5.41, 5.74) is -0.198. The molecule has 0 saturated carbocycles. The van der Waals surface area contributed by atoms with E-state index in [-0.39, 0.29) is 29.1 Å². The van der Waals surface area contributed by atoms with Gasteiger partial charge in [0, 0.05) is 11.3 Å². The van der Waals surface area contributed by atoms with Crippen LogP contribution in [0.3, 0.4) is 0 Å². The summed E-state index contributed by atoms with van der Waals surface area (Å²) in [6.45, 7) is 1.78. The molecule has 0 aromatic heterocycles. The van der Waals surface area contributed by atoms with E-state index in [1.165, 1.54) is 18.9 Å². The van der Waals surface area contributed by atoms with E-state index >= 15 is 0 Å². The first-order valence-electron chi connectivity index (χ1n) is 5.85. The number of carbonyl (C=O) groups excluding carboxylic acids is 2. The zero-order valence-electron chi connectivity index (χ0n) is 11.1. The van der Waals surface area contributed by atoms with Crippen molar-refractivity contribution in [2.75, 3.05) is 18.2 Å². The fraction of sp³-hybridized carbons (Fsp3) is 0.385. The van der Waals surface area contributed by atoms with Crippen molar-refractivity contribution in [1.82, 2.24) is 0 Å². The summed E-state index contributed by atoms with van der Waals surface area (Å²) >= 11 is 1.23. The molecule has 1 aromatic carbocycles. The van der Waals surface area contributed by atoms with E-state index < -0.39 is 17.5 Å². The molecule has 1 aromatic rings. The third-order valence-corrected chi connectivity index (χ3v) is 3.55. The number of nitrogens with one attached hydrogen (secondary N) is 1. The van der Waals surface area contributed by atoms with Crippen LogP contribution in [-0.4, -0.2) is 30.0 Å². The number of esters is 1. The van der Waals surface area contributed by atoms with E-state index in [4.69, 9.17) is 0 Å². The standard InChI is InChI=1S/C13H15F2NO3S/c1-8(5-13(18)19-2)20-7-12(17)16-11-6-9(14)3-4-10(11)15/h3-4,6,8H,5,7H2,1-2H3,(H,16,17). The fourth-order valence-electron chi connectivity index (χ4n) is 1.37. The van der Waals surface area contributed by atoms with E-state index in [0.29, 0.717) is 0 Å². The Bertz CT molecular complexity index is 497. The Balaban J connectivity index is 2.44. The molecule has 0 aliphatic heterocycles. The van der Waals surface area contributed by atoms with Crippen LogP contribution in [0.25, 0.3) is 0 Å². The molecule has 1 rings (SSSR count). The molecule has 0 spiro atoms. The highest BCUT2D eigenvalue weighted by Crippen LogP contribution is 2.18. The molecule has 0 saturated heterocycles. The molecular formula is C13H15F2NO3S. The molecule has 1 N–H and O–H groups in total. The average Bonchev–Trinajstić information content (AvgIpc) is 2.40. The summed E-state index contributed by atoms with van der Waals surface area (Å²) in [6, 6.07) is 2.83. The third-order valence-electron chi connectivity index (χ3n) is 2.38. The Morgan fingerprint density at radius 1 is 1.40 bits per heavy atom. The molecule has 0 heterocycles. The topological polar surface area (TPSA) is 55.4 Å². The van der Waals surface area contributed by atoms with Gasteiger partial charge >= 0.3 is 5.97 Å². The van der Waals surface area contributed by atoms with Gasteiger partial charge in [0.2, 0.25) is 5.91 Å². The second kappa shape index (κ2) is 7.84. The molecule has 0 fully saturated rings. The van der Waals surface area contributed by atoms with Gasteiger partial charge in [-0.1, -0.05) is 6.92 Å². The molecule has 1 unspecified atom stereocenters. The number of methoxy groups -OCH3 is 1. The van der Waals surface area contributed by atoms with Crippen molar-refractivity contribution in [3.8, 4) is 0 Å². The van der Waals surface area contributed by atoms with Gasteiger partial charge in [-0.15, -0.1) is 11.8 Å². The van der Waals surface area contributed by atoms with Crippen LogP contribution < -0.4 is 5.32 Å². The molecule has 0 radical (unpaired) electrons. The number of hydrogen-bond acceptors (Lipinski definition) is 4. The number of hydrogen-bond donors (Lipinski definition) is 1. The van der Waals surface area contributed by atoms with Gasteiger partial charge in [-0.25, -0.2) is 8.78 Å². The minimum atomic E-state index is -0.702. The SMILES string of the molecule is COC(=O)CC(C)SCC(=O)Nc1cc(F)ccc1F. The minimum absolute atomic E-state index is 0.0358. The van der Waals surface area contributed by atoms with Crippen molar-refractivity contribution in [2.45, 2.75) is 18.6 Å². The van der Waals surface area contributed by atoms with E-state index in [9.17, 15) is 18.4 Å². The van der Waals surface area contributed by atoms with Crippen LogP contribution in [0.2, 0.25) is 0 Å². The largest absolute Gasteiger partial charge is 0.469 e. The number of thioether (sulfide) groups is 1. The maximum absolute atomic E-state index is 13.3. The van der Waals surface area contributed by atoms with Crippen molar-refractivity contribution < 1.29 is 23.1 Å². The van der Waals surface area contributed by atoms with Gasteiger partial charge in [0.1, 0.15) is 11.6 Å². The number of carbonyl (C=O) groups is 2. The average molecular weight is 303 g/mol. The summed E-state index contributed by atoms with van der Waals surface area (Å²) < 4.78 is 30.7. The third kappa shape index (κ3) is 5.56. The molecule has 0 bridgehead atoms. The molecule has 110 valence electrons. The predicted octanol–water partition coefficient (Wildman–Crippen LogP) is 2.59. The lowest BCUT2D eigenvalue weighted by Gasteiger charge is -2.10. The van der Waals surface area contributed by atoms with Crippen LogP contribution in [-0.2, 0) is 14.3 Å². The Morgan fingerprint density at radius 2 is 2.10 bits per heavy atom. The van der Waals surface area contributed by atoms with Gasteiger partial charge in [-0.05, 0) is 12.1 Å². The van der Waals surface area contributed by atoms with Gasteiger partial charge in [0.15, 0.2) is 0 Å². The van der Waals surface area contributed by atoms with Crippen LogP contribution in [0.1, 0.15) is 13.3 Å². The maximum Gasteiger partial charge on any atom is 0.306 e. The van der Waals surface area contributed by atoms with Crippen LogP contribution >= 0.6 is 11.8 Å². The van der Waals surface area contributed by atoms with Gasteiger partial charge in [0.25, 0.3) is 0 Å². The summed E-state index contributed by atoms with van der Waals surface area (Å²) in [7, 11) is 1.29. The van der Waals surface area contributed by atoms with Crippen molar-refractivity contribution in [2.24, 2.45) is 0 Å². The lowest BCUT2D eigenvalue weighted by atomic mass is 10.3. The van der Waals surface area contributed by atoms with Gasteiger partial charge in [-0.2, -0.15) is 0 Å². The highest BCUT2D eigenvalue weighted by atomic mass is 32.2. The first-order chi connectivity index (χ1) is 9.42. The van der Waals surface area contributed by atoms with Crippen LogP contribution in [0.15, 0.2) is 18.2 Å². The first kappa shape index (κ1) is 16.4. The number of ether oxygens (including phenoxy) is 1. The second-order valence-electron chi connectivity index (χ2n) is 4.07. The summed E-state index contributed by atoms with van der Waals surface area (Å²) in [5.74, 6) is -2.12. The Morgan fingerprint density at radius 3 is 2.75 bits per heavy atom. The van der Waals surface area contributed by atoms with Crippen molar-refractivity contribution >= 4 is 29.3 Å². The number of halogens is 2. The Labute approximate surface area is 119 Å². The monoisotopic (exact) mass is 303 g/mol. The van der Waals surface area contributed by atoms with E-state index in [1.54, 1.807) is 6.92 Å². The quantitative estimate of drug-likeness (QED) is 0.821. The van der Waals surface area contributed by atoms with Crippen molar-refractivity contribution in [3.63, 3.8) is 0 Å². The molecular weight excluding hydrogens is 288 g/mol. The molecule has 1 amide bonds. The Hall–Kier alpha value is -1.63. The van der Waals surface area contributed by atoms with Gasteiger partial charge < -0.3 is 10.1 Å². The second-order valence-corrected chi connectivity index (χ2v) is 5.50. The molecule has 0 aliphatic rings. The molecule has 7 heteroatoms. The predicted molar refractivity (Wildman–Crippen MR) is 73.5 cm³/mol. The normalized spacial score (nSPS) is 11.8. The number of benzene rings is 1. The van der Waals surface area contributed by atoms with Gasteiger partial charge in [-0.3, -0.25) is 9.59 Å². The van der Waals surface area contributed by atoms with Crippen LogP contribution in [0, 0.1) is 11.6 Å². The first-order valence-corrected chi connectivity index (χ1v) is 6.90. The zero-order chi connectivity index (χ0) is 15.1. The smallest absolute Gasteiger partial charge is 0.306 e. The maximum atomic E-state index is 13.3. The highest BCUT2D eigenvalue weighted by Gasteiger charge is 2.13. The summed E-state index contributed by atoms with van der Waals surface area (Å²) in [4.78, 5) is 22.6. The lowest BCUT2D eigenvalue weighted by molar-refractivity contribution is -0.140. The number of anilines is 1. The molecule has 4 nitrogen and oxygen atoms in total. The zero-order valence-corrected chi connectivity index (χ0v) is 11.9. The van der Waals surface area contributed by atoms with Crippen LogP contribution in [0.5, 0.6) is 0 Å². The molecule has 1 atom stereocenters. The number of amides is 1. The van der Waals surface area contributed by atoms with Crippen LogP contribution in [0.4, 0.5) is 14.5 Å². The molecule has 0 aliphatic carbocycles. The van der Waals surface area contributed by atoms with E-state index in [1.807, 2.05) is 0 Å².